The molecule has 0 spiro atoms. The van der Waals surface area contributed by atoms with Crippen molar-refractivity contribution in [2.75, 3.05) is 33.3 Å². The molecule has 1 aromatic heterocycles. The molecule has 0 saturated carbocycles. The minimum absolute atomic E-state index is 0.0926. The van der Waals surface area contributed by atoms with Gasteiger partial charge in [-0.15, -0.1) is 0 Å². The fraction of sp³-hybridized carbons (Fsp3) is 0.520. The molecule has 0 bridgehead atoms. The average molecular weight is 485 g/mol. The summed E-state index contributed by atoms with van der Waals surface area (Å²) < 4.78 is 11.8. The number of carboxylic acid groups (broad SMARTS) is 1. The fourth-order valence-electron chi connectivity index (χ4n) is 4.60. The highest BCUT2D eigenvalue weighted by Gasteiger charge is 2.36. The molecule has 1 N–H and O–H groups in total. The third-order valence-corrected chi connectivity index (χ3v) is 6.43. The van der Waals surface area contributed by atoms with E-state index >= 15 is 0 Å². The fourth-order valence-corrected chi connectivity index (χ4v) is 4.60. The maximum atomic E-state index is 12.8. The molecule has 2 amide bonds. The summed E-state index contributed by atoms with van der Waals surface area (Å²) in [7, 11) is 1.54. The molecular formula is C25H32N4O6. The normalized spacial score (nSPS) is 18.3. The van der Waals surface area contributed by atoms with Crippen LogP contribution in [0.15, 0.2) is 30.5 Å². The average Bonchev–Trinajstić information content (AvgIpc) is 3.41. The SMILES string of the molecule is COc1ccc(C2CN(C(=O)CC3CCN(C(=O)OC(C)(C)C)C3)C2)cc1-c1ccnn1C(=O)O. The van der Waals surface area contributed by atoms with E-state index in [1.54, 1.807) is 11.0 Å². The standard InChI is InChI=1S/C25H32N4O6/c1-25(2,3)35-24(33)27-10-8-16(13-27)11-22(30)28-14-18(15-28)17-5-6-21(34-4)19(12-17)20-7-9-26-29(20)23(31)32/h5-7,9,12,16,18H,8,10-11,13-15H2,1-4H3,(H,31,32). The zero-order chi connectivity index (χ0) is 25.3. The summed E-state index contributed by atoms with van der Waals surface area (Å²) in [6, 6.07) is 7.32. The van der Waals surface area contributed by atoms with Gasteiger partial charge in [-0.25, -0.2) is 9.59 Å². The number of amides is 2. The molecule has 1 unspecified atom stereocenters. The highest BCUT2D eigenvalue weighted by atomic mass is 16.6. The van der Waals surface area contributed by atoms with Crippen LogP contribution in [-0.2, 0) is 9.53 Å². The van der Waals surface area contributed by atoms with Gasteiger partial charge in [0.05, 0.1) is 19.0 Å². The molecule has 2 fully saturated rings. The number of hydrogen-bond acceptors (Lipinski definition) is 6. The van der Waals surface area contributed by atoms with E-state index in [0.717, 1.165) is 16.7 Å². The lowest BCUT2D eigenvalue weighted by Crippen LogP contribution is -2.49. The van der Waals surface area contributed by atoms with Gasteiger partial charge < -0.3 is 24.4 Å². The number of methoxy groups -OCH3 is 1. The first-order chi connectivity index (χ1) is 16.6. The summed E-state index contributed by atoms with van der Waals surface area (Å²) in [5.41, 5.74) is 1.55. The van der Waals surface area contributed by atoms with E-state index in [0.29, 0.717) is 49.6 Å². The predicted octanol–water partition coefficient (Wildman–Crippen LogP) is 3.66. The van der Waals surface area contributed by atoms with Crippen LogP contribution in [0, 0.1) is 5.92 Å². The second kappa shape index (κ2) is 9.59. The van der Waals surface area contributed by atoms with Crippen LogP contribution in [0.3, 0.4) is 0 Å². The van der Waals surface area contributed by atoms with Crippen molar-refractivity contribution < 1.29 is 29.0 Å². The quantitative estimate of drug-likeness (QED) is 0.689. The lowest BCUT2D eigenvalue weighted by atomic mass is 9.89. The Balaban J connectivity index is 1.34. The van der Waals surface area contributed by atoms with Gasteiger partial charge in [0.25, 0.3) is 0 Å². The highest BCUT2D eigenvalue weighted by molar-refractivity contribution is 5.79. The Morgan fingerprint density at radius 3 is 2.51 bits per heavy atom. The summed E-state index contributed by atoms with van der Waals surface area (Å²) in [5.74, 6) is 0.944. The zero-order valence-electron chi connectivity index (χ0n) is 20.6. The molecule has 4 rings (SSSR count). The molecule has 10 nitrogen and oxygen atoms in total. The van der Waals surface area contributed by atoms with Gasteiger partial charge in [-0.1, -0.05) is 6.07 Å². The van der Waals surface area contributed by atoms with Gasteiger partial charge in [0, 0.05) is 44.1 Å². The van der Waals surface area contributed by atoms with Crippen LogP contribution in [0.2, 0.25) is 0 Å². The van der Waals surface area contributed by atoms with Crippen LogP contribution in [0.25, 0.3) is 11.3 Å². The smallest absolute Gasteiger partial charge is 0.432 e. The molecule has 10 heteroatoms. The lowest BCUT2D eigenvalue weighted by molar-refractivity contribution is -0.136. The molecule has 2 aromatic rings. The Labute approximate surface area is 204 Å². The van der Waals surface area contributed by atoms with Crippen molar-refractivity contribution in [3.05, 3.63) is 36.0 Å². The van der Waals surface area contributed by atoms with E-state index in [1.807, 2.05) is 43.9 Å². The van der Waals surface area contributed by atoms with Crippen LogP contribution in [0.4, 0.5) is 9.59 Å². The summed E-state index contributed by atoms with van der Waals surface area (Å²) in [5, 5.41) is 13.3. The minimum atomic E-state index is -1.17. The van der Waals surface area contributed by atoms with Crippen LogP contribution in [-0.4, -0.2) is 81.7 Å². The van der Waals surface area contributed by atoms with Gasteiger partial charge in [-0.3, -0.25) is 4.79 Å². The van der Waals surface area contributed by atoms with Crippen molar-refractivity contribution in [3.8, 4) is 17.0 Å². The first-order valence-corrected chi connectivity index (χ1v) is 11.8. The van der Waals surface area contributed by atoms with Crippen LogP contribution >= 0.6 is 0 Å². The van der Waals surface area contributed by atoms with E-state index in [-0.39, 0.29) is 23.8 Å². The number of benzene rings is 1. The van der Waals surface area contributed by atoms with Crippen molar-refractivity contribution in [1.82, 2.24) is 19.6 Å². The molecule has 188 valence electrons. The number of nitrogens with zero attached hydrogens (tertiary/aromatic N) is 4. The number of ether oxygens (including phenoxy) is 2. The molecule has 2 aliphatic heterocycles. The molecule has 1 aromatic carbocycles. The van der Waals surface area contributed by atoms with Gasteiger partial charge in [-0.05, 0) is 56.9 Å². The Hall–Kier alpha value is -3.56. The molecule has 2 saturated heterocycles. The topological polar surface area (TPSA) is 114 Å². The highest BCUT2D eigenvalue weighted by Crippen LogP contribution is 2.36. The molecule has 2 aliphatic rings. The maximum Gasteiger partial charge on any atom is 0.432 e. The van der Waals surface area contributed by atoms with Crippen LogP contribution in [0.5, 0.6) is 5.75 Å². The molecule has 35 heavy (non-hydrogen) atoms. The maximum absolute atomic E-state index is 12.8. The van der Waals surface area contributed by atoms with Crippen LogP contribution < -0.4 is 4.74 Å². The molecule has 0 aliphatic carbocycles. The van der Waals surface area contributed by atoms with Gasteiger partial charge >= 0.3 is 12.2 Å². The van der Waals surface area contributed by atoms with E-state index < -0.39 is 11.7 Å². The Morgan fingerprint density at radius 2 is 1.86 bits per heavy atom. The predicted molar refractivity (Wildman–Crippen MR) is 127 cm³/mol. The first-order valence-electron chi connectivity index (χ1n) is 11.8. The number of carbonyl (C=O) groups is 3. The lowest BCUT2D eigenvalue weighted by Gasteiger charge is -2.40. The minimum Gasteiger partial charge on any atom is -0.496 e. The summed E-state index contributed by atoms with van der Waals surface area (Å²) in [6.45, 7) is 7.88. The van der Waals surface area contributed by atoms with Gasteiger partial charge in [0.2, 0.25) is 5.91 Å². The third-order valence-electron chi connectivity index (χ3n) is 6.43. The first kappa shape index (κ1) is 24.6. The van der Waals surface area contributed by atoms with Crippen molar-refractivity contribution in [2.24, 2.45) is 5.92 Å². The molecule has 0 radical (unpaired) electrons. The van der Waals surface area contributed by atoms with Gasteiger partial charge in [0.15, 0.2) is 0 Å². The number of rotatable bonds is 5. The van der Waals surface area contributed by atoms with E-state index in [1.165, 1.54) is 13.3 Å². The zero-order valence-corrected chi connectivity index (χ0v) is 20.6. The second-order valence-electron chi connectivity index (χ2n) is 10.2. The Morgan fingerprint density at radius 1 is 1.11 bits per heavy atom. The van der Waals surface area contributed by atoms with E-state index in [2.05, 4.69) is 5.10 Å². The molecule has 3 heterocycles. The summed E-state index contributed by atoms with van der Waals surface area (Å²) >= 11 is 0. The summed E-state index contributed by atoms with van der Waals surface area (Å²) in [6.07, 6.45) is 1.15. The van der Waals surface area contributed by atoms with Crippen molar-refractivity contribution in [3.63, 3.8) is 0 Å². The van der Waals surface area contributed by atoms with Gasteiger partial charge in [0.1, 0.15) is 11.4 Å². The number of likely N-dealkylation sites (tertiary alicyclic amines) is 2. The number of carbonyl (C=O) groups excluding carboxylic acids is 2. The Kier molecular flexibility index (Phi) is 6.73. The number of hydrogen-bond donors (Lipinski definition) is 1. The van der Waals surface area contributed by atoms with E-state index in [9.17, 15) is 19.5 Å². The monoisotopic (exact) mass is 484 g/mol. The van der Waals surface area contributed by atoms with Crippen molar-refractivity contribution >= 4 is 18.1 Å². The second-order valence-corrected chi connectivity index (χ2v) is 10.2. The van der Waals surface area contributed by atoms with Crippen molar-refractivity contribution in [1.29, 1.82) is 0 Å². The van der Waals surface area contributed by atoms with Gasteiger partial charge in [-0.2, -0.15) is 9.78 Å². The Bertz CT molecular complexity index is 1120. The number of aromatic nitrogens is 2. The van der Waals surface area contributed by atoms with Crippen LogP contribution in [0.1, 0.15) is 45.1 Å². The van der Waals surface area contributed by atoms with Crippen molar-refractivity contribution in [2.45, 2.75) is 45.1 Å². The summed E-state index contributed by atoms with van der Waals surface area (Å²) in [4.78, 5) is 40.1. The molecular weight excluding hydrogens is 452 g/mol. The largest absolute Gasteiger partial charge is 0.496 e. The van der Waals surface area contributed by atoms with E-state index in [4.69, 9.17) is 9.47 Å². The molecule has 1 atom stereocenters. The third kappa shape index (κ3) is 5.41.